The quantitative estimate of drug-likeness (QED) is 0.454. The number of aliphatic hydroxyl groups is 1. The van der Waals surface area contributed by atoms with Crippen molar-refractivity contribution in [3.63, 3.8) is 0 Å². The van der Waals surface area contributed by atoms with Crippen LogP contribution in [0.5, 0.6) is 0 Å². The van der Waals surface area contributed by atoms with Crippen molar-refractivity contribution < 1.29 is 24.2 Å². The molecule has 1 saturated heterocycles. The molecule has 5 nitrogen and oxygen atoms in total. The summed E-state index contributed by atoms with van der Waals surface area (Å²) >= 11 is 0. The normalized spacial score (nSPS) is 43.8. The molecule has 3 aliphatic rings. The Hall–Kier alpha value is -1.62. The molecule has 0 unspecified atom stereocenters. The summed E-state index contributed by atoms with van der Waals surface area (Å²) in [5.41, 5.74) is 0.534. The second-order valence-electron chi connectivity index (χ2n) is 6.99. The van der Waals surface area contributed by atoms with E-state index in [1.165, 1.54) is 6.92 Å². The Balaban J connectivity index is 1.98. The van der Waals surface area contributed by atoms with E-state index >= 15 is 0 Å². The Morgan fingerprint density at radius 3 is 2.86 bits per heavy atom. The second-order valence-corrected chi connectivity index (χ2v) is 6.99. The summed E-state index contributed by atoms with van der Waals surface area (Å²) in [4.78, 5) is 23.1. The summed E-state index contributed by atoms with van der Waals surface area (Å²) < 4.78 is 10.8. The van der Waals surface area contributed by atoms with Crippen LogP contribution in [0, 0.1) is 17.8 Å². The van der Waals surface area contributed by atoms with Crippen LogP contribution >= 0.6 is 0 Å². The highest BCUT2D eigenvalue weighted by Gasteiger charge is 2.55. The summed E-state index contributed by atoms with van der Waals surface area (Å²) in [5, 5.41) is 10.8. The van der Waals surface area contributed by atoms with Crippen LogP contribution in [0.25, 0.3) is 0 Å². The maximum absolute atomic E-state index is 11.7. The molecule has 6 atom stereocenters. The number of hydrogen-bond acceptors (Lipinski definition) is 5. The largest absolute Gasteiger partial charge is 0.462 e. The molecule has 1 N–H and O–H groups in total. The van der Waals surface area contributed by atoms with E-state index in [-0.39, 0.29) is 41.9 Å². The zero-order valence-electron chi connectivity index (χ0n) is 13.2. The third-order valence-electron chi connectivity index (χ3n) is 5.37. The number of rotatable bonds is 1. The minimum absolute atomic E-state index is 0.0454. The van der Waals surface area contributed by atoms with Crippen LogP contribution in [0.2, 0.25) is 0 Å². The van der Waals surface area contributed by atoms with Gasteiger partial charge in [-0.2, -0.15) is 0 Å². The van der Waals surface area contributed by atoms with Crippen LogP contribution in [0.4, 0.5) is 0 Å². The molecule has 0 bridgehead atoms. The van der Waals surface area contributed by atoms with E-state index in [2.05, 4.69) is 6.58 Å². The van der Waals surface area contributed by atoms with Gasteiger partial charge < -0.3 is 14.6 Å². The van der Waals surface area contributed by atoms with Crippen LogP contribution in [0.3, 0.4) is 0 Å². The Bertz CT molecular complexity index is 574. The van der Waals surface area contributed by atoms with Gasteiger partial charge in [-0.3, -0.25) is 4.79 Å². The van der Waals surface area contributed by atoms with E-state index in [0.717, 1.165) is 5.57 Å². The fourth-order valence-corrected chi connectivity index (χ4v) is 4.37. The topological polar surface area (TPSA) is 72.8 Å². The first-order valence-corrected chi connectivity index (χ1v) is 7.68. The van der Waals surface area contributed by atoms with Crippen molar-refractivity contribution in [3.05, 3.63) is 23.8 Å². The lowest BCUT2D eigenvalue weighted by atomic mass is 9.78. The van der Waals surface area contributed by atoms with Crippen LogP contribution in [0.1, 0.15) is 33.6 Å². The van der Waals surface area contributed by atoms with E-state index in [4.69, 9.17) is 9.47 Å². The summed E-state index contributed by atoms with van der Waals surface area (Å²) in [7, 11) is 0. The first-order chi connectivity index (χ1) is 10.2. The summed E-state index contributed by atoms with van der Waals surface area (Å²) in [6.07, 6.45) is 2.30. The maximum atomic E-state index is 11.7. The van der Waals surface area contributed by atoms with Crippen molar-refractivity contribution >= 4 is 11.9 Å². The number of carbonyl (C=O) groups is 2. The minimum Gasteiger partial charge on any atom is -0.462 e. The molecular formula is C17H22O5. The Morgan fingerprint density at radius 2 is 2.23 bits per heavy atom. The standard InChI is InChI=1S/C17H22O5/c1-8-5-13-11(9(2)16(19)22-13)6-12-15(8)14(21-10(3)18)7-17(12,4)20/h5,11-15,20H,2,6-7H2,1,3-4H3/t11-,12-,13+,14+,15-,17-/m1/s1. The van der Waals surface area contributed by atoms with E-state index in [1.54, 1.807) is 6.92 Å². The van der Waals surface area contributed by atoms with Gasteiger partial charge in [0, 0.05) is 30.8 Å². The molecular weight excluding hydrogens is 284 g/mol. The maximum Gasteiger partial charge on any atom is 0.334 e. The van der Waals surface area contributed by atoms with Crippen molar-refractivity contribution in [2.24, 2.45) is 17.8 Å². The molecule has 0 aromatic rings. The molecule has 0 radical (unpaired) electrons. The molecule has 1 aliphatic heterocycles. The average molecular weight is 306 g/mol. The van der Waals surface area contributed by atoms with E-state index < -0.39 is 5.60 Å². The van der Waals surface area contributed by atoms with Crippen LogP contribution in [0.15, 0.2) is 23.8 Å². The van der Waals surface area contributed by atoms with E-state index in [1.807, 2.05) is 13.0 Å². The van der Waals surface area contributed by atoms with Gasteiger partial charge in [0.1, 0.15) is 12.2 Å². The molecule has 120 valence electrons. The van der Waals surface area contributed by atoms with Crippen molar-refractivity contribution in [1.82, 2.24) is 0 Å². The molecule has 0 amide bonds. The van der Waals surface area contributed by atoms with Gasteiger partial charge in [-0.25, -0.2) is 4.79 Å². The zero-order valence-corrected chi connectivity index (χ0v) is 13.2. The number of hydrogen-bond donors (Lipinski definition) is 1. The molecule has 0 aromatic carbocycles. The molecule has 3 rings (SSSR count). The third-order valence-corrected chi connectivity index (χ3v) is 5.37. The number of ether oxygens (including phenoxy) is 2. The van der Waals surface area contributed by atoms with Crippen LogP contribution < -0.4 is 0 Å². The van der Waals surface area contributed by atoms with Crippen LogP contribution in [-0.4, -0.2) is 34.9 Å². The third kappa shape index (κ3) is 2.28. The highest BCUT2D eigenvalue weighted by atomic mass is 16.6. The van der Waals surface area contributed by atoms with Crippen molar-refractivity contribution in [2.75, 3.05) is 0 Å². The Labute approximate surface area is 130 Å². The molecule has 2 aliphatic carbocycles. The highest BCUT2D eigenvalue weighted by Crippen LogP contribution is 2.52. The molecule has 2 fully saturated rings. The van der Waals surface area contributed by atoms with Gasteiger partial charge in [0.25, 0.3) is 0 Å². The molecule has 22 heavy (non-hydrogen) atoms. The van der Waals surface area contributed by atoms with Gasteiger partial charge in [0.05, 0.1) is 5.60 Å². The first-order valence-electron chi connectivity index (χ1n) is 7.68. The minimum atomic E-state index is -0.944. The van der Waals surface area contributed by atoms with Gasteiger partial charge >= 0.3 is 11.9 Å². The Kier molecular flexibility index (Phi) is 3.44. The molecule has 0 aromatic heterocycles. The lowest BCUT2D eigenvalue weighted by molar-refractivity contribution is -0.148. The lowest BCUT2D eigenvalue weighted by Gasteiger charge is -2.30. The molecule has 1 saturated carbocycles. The number of fused-ring (bicyclic) bond motifs is 2. The SMILES string of the molecule is C=C1C(=O)O[C@H]2C=C(C)[C@H]3[C@@H](OC(C)=O)C[C@@](C)(O)[C@@H]3C[C@H]12. The summed E-state index contributed by atoms with van der Waals surface area (Å²) in [5.74, 6) is -0.938. The summed E-state index contributed by atoms with van der Waals surface area (Å²) in [6.45, 7) is 8.96. The van der Waals surface area contributed by atoms with Gasteiger partial charge in [-0.05, 0) is 32.3 Å². The number of esters is 2. The van der Waals surface area contributed by atoms with Gasteiger partial charge in [0.2, 0.25) is 0 Å². The monoisotopic (exact) mass is 306 g/mol. The predicted molar refractivity (Wildman–Crippen MR) is 78.7 cm³/mol. The average Bonchev–Trinajstić information content (AvgIpc) is 2.71. The van der Waals surface area contributed by atoms with E-state index in [9.17, 15) is 14.7 Å². The van der Waals surface area contributed by atoms with Crippen LogP contribution in [-0.2, 0) is 19.1 Å². The van der Waals surface area contributed by atoms with Gasteiger partial charge in [-0.1, -0.05) is 12.2 Å². The van der Waals surface area contributed by atoms with Gasteiger partial charge in [-0.15, -0.1) is 0 Å². The first kappa shape index (κ1) is 15.3. The Morgan fingerprint density at radius 1 is 1.55 bits per heavy atom. The second kappa shape index (κ2) is 4.95. The fraction of sp³-hybridized carbons (Fsp3) is 0.647. The van der Waals surface area contributed by atoms with Crippen molar-refractivity contribution in [2.45, 2.75) is 51.4 Å². The summed E-state index contributed by atoms with van der Waals surface area (Å²) in [6, 6.07) is 0. The predicted octanol–water partition coefficient (Wildman–Crippen LogP) is 1.75. The van der Waals surface area contributed by atoms with Crippen molar-refractivity contribution in [1.29, 1.82) is 0 Å². The fourth-order valence-electron chi connectivity index (χ4n) is 4.37. The number of carbonyl (C=O) groups excluding carboxylic acids is 2. The molecule has 0 spiro atoms. The molecule has 1 heterocycles. The zero-order chi connectivity index (χ0) is 16.2. The highest BCUT2D eigenvalue weighted by molar-refractivity contribution is 5.91. The molecule has 5 heteroatoms. The smallest absolute Gasteiger partial charge is 0.334 e. The van der Waals surface area contributed by atoms with E-state index in [0.29, 0.717) is 18.4 Å². The lowest BCUT2D eigenvalue weighted by Crippen LogP contribution is -2.33. The van der Waals surface area contributed by atoms with Gasteiger partial charge in [0.15, 0.2) is 0 Å². The van der Waals surface area contributed by atoms with Crippen molar-refractivity contribution in [3.8, 4) is 0 Å².